The van der Waals surface area contributed by atoms with Crippen LogP contribution < -0.4 is 15.4 Å². The van der Waals surface area contributed by atoms with Crippen molar-refractivity contribution in [2.45, 2.75) is 38.2 Å². The van der Waals surface area contributed by atoms with Crippen LogP contribution in [0.15, 0.2) is 29.3 Å². The Morgan fingerprint density at radius 3 is 2.96 bits per heavy atom. The fourth-order valence-electron chi connectivity index (χ4n) is 2.79. The van der Waals surface area contributed by atoms with Crippen molar-refractivity contribution in [3.8, 4) is 5.75 Å². The summed E-state index contributed by atoms with van der Waals surface area (Å²) in [6.07, 6.45) is 4.31. The van der Waals surface area contributed by atoms with E-state index in [0.29, 0.717) is 0 Å². The Balaban J connectivity index is 1.67. The molecule has 1 aliphatic rings. The minimum absolute atomic E-state index is 0.0573. The van der Waals surface area contributed by atoms with Crippen molar-refractivity contribution >= 4 is 5.96 Å². The molecule has 1 fully saturated rings. The standard InChI is InChI=1S/C18H29N3O2/c1-18(10-6-12-23-18)14-21-17(19-2)20-11-5-8-15-7-4-9-16(13-15)22-3/h4,7,9,13H,5-6,8,10-12,14H2,1-3H3,(H2,19,20,21). The molecule has 0 amide bonds. The fourth-order valence-corrected chi connectivity index (χ4v) is 2.79. The largest absolute Gasteiger partial charge is 0.497 e. The summed E-state index contributed by atoms with van der Waals surface area (Å²) in [5.41, 5.74) is 1.24. The van der Waals surface area contributed by atoms with Gasteiger partial charge in [-0.15, -0.1) is 0 Å². The van der Waals surface area contributed by atoms with Crippen molar-refractivity contribution in [1.29, 1.82) is 0 Å². The van der Waals surface area contributed by atoms with Gasteiger partial charge >= 0.3 is 0 Å². The maximum atomic E-state index is 5.78. The molecule has 1 aromatic rings. The summed E-state index contributed by atoms with van der Waals surface area (Å²) in [6.45, 7) is 4.70. The molecule has 0 saturated carbocycles. The van der Waals surface area contributed by atoms with Crippen LogP contribution in [0.4, 0.5) is 0 Å². The molecule has 0 aromatic heterocycles. The highest BCUT2D eigenvalue weighted by molar-refractivity contribution is 5.79. The van der Waals surface area contributed by atoms with Gasteiger partial charge in [-0.2, -0.15) is 0 Å². The predicted molar refractivity (Wildman–Crippen MR) is 94.3 cm³/mol. The van der Waals surface area contributed by atoms with E-state index >= 15 is 0 Å². The van der Waals surface area contributed by atoms with E-state index in [1.807, 2.05) is 12.1 Å². The van der Waals surface area contributed by atoms with Crippen LogP contribution >= 0.6 is 0 Å². The molecule has 1 unspecified atom stereocenters. The van der Waals surface area contributed by atoms with Gasteiger partial charge in [0.25, 0.3) is 0 Å². The molecule has 1 heterocycles. The molecule has 2 N–H and O–H groups in total. The molecule has 1 saturated heterocycles. The van der Waals surface area contributed by atoms with E-state index in [4.69, 9.17) is 9.47 Å². The summed E-state index contributed by atoms with van der Waals surface area (Å²) < 4.78 is 11.0. The Morgan fingerprint density at radius 2 is 2.26 bits per heavy atom. The minimum atomic E-state index is -0.0573. The predicted octanol–water partition coefficient (Wildman–Crippen LogP) is 2.36. The molecule has 1 aromatic carbocycles. The first kappa shape index (κ1) is 17.6. The van der Waals surface area contributed by atoms with Gasteiger partial charge in [-0.05, 0) is 50.3 Å². The number of methoxy groups -OCH3 is 1. The number of aryl methyl sites for hydroxylation is 1. The lowest BCUT2D eigenvalue weighted by Gasteiger charge is -2.24. The van der Waals surface area contributed by atoms with E-state index in [-0.39, 0.29) is 5.60 Å². The van der Waals surface area contributed by atoms with Gasteiger partial charge in [0, 0.05) is 26.7 Å². The number of hydrogen-bond donors (Lipinski definition) is 2. The highest BCUT2D eigenvalue weighted by atomic mass is 16.5. The van der Waals surface area contributed by atoms with E-state index in [2.05, 4.69) is 34.7 Å². The van der Waals surface area contributed by atoms with Crippen LogP contribution in [-0.2, 0) is 11.2 Å². The summed E-state index contributed by atoms with van der Waals surface area (Å²) in [7, 11) is 3.50. The van der Waals surface area contributed by atoms with Crippen molar-refractivity contribution in [3.05, 3.63) is 29.8 Å². The molecule has 0 bridgehead atoms. The highest BCUT2D eigenvalue weighted by Gasteiger charge is 2.29. The molecular weight excluding hydrogens is 290 g/mol. The molecule has 0 spiro atoms. The Labute approximate surface area is 139 Å². The van der Waals surface area contributed by atoms with E-state index in [0.717, 1.165) is 57.1 Å². The van der Waals surface area contributed by atoms with Crippen molar-refractivity contribution in [1.82, 2.24) is 10.6 Å². The van der Waals surface area contributed by atoms with Crippen LogP contribution in [0.1, 0.15) is 31.7 Å². The first-order valence-electron chi connectivity index (χ1n) is 8.37. The third kappa shape index (κ3) is 5.75. The second-order valence-corrected chi connectivity index (χ2v) is 6.21. The number of nitrogens with zero attached hydrogens (tertiary/aromatic N) is 1. The average molecular weight is 319 g/mol. The van der Waals surface area contributed by atoms with Crippen LogP contribution in [0.3, 0.4) is 0 Å². The van der Waals surface area contributed by atoms with Crippen molar-refractivity contribution in [2.24, 2.45) is 4.99 Å². The average Bonchev–Trinajstić information content (AvgIpc) is 3.01. The zero-order valence-electron chi connectivity index (χ0n) is 14.5. The number of hydrogen-bond acceptors (Lipinski definition) is 3. The van der Waals surface area contributed by atoms with Gasteiger partial charge in [0.1, 0.15) is 5.75 Å². The SMILES string of the molecule is CN=C(NCCCc1cccc(OC)c1)NCC1(C)CCCO1. The zero-order chi connectivity index (χ0) is 16.5. The van der Waals surface area contributed by atoms with E-state index in [1.54, 1.807) is 14.2 Å². The first-order valence-corrected chi connectivity index (χ1v) is 8.37. The first-order chi connectivity index (χ1) is 11.1. The lowest BCUT2D eigenvalue weighted by Crippen LogP contribution is -2.45. The van der Waals surface area contributed by atoms with Gasteiger partial charge in [-0.25, -0.2) is 0 Å². The summed E-state index contributed by atoms with van der Waals surface area (Å²) >= 11 is 0. The highest BCUT2D eigenvalue weighted by Crippen LogP contribution is 2.23. The van der Waals surface area contributed by atoms with Gasteiger partial charge in [0.15, 0.2) is 5.96 Å². The van der Waals surface area contributed by atoms with Crippen LogP contribution in [-0.4, -0.2) is 45.4 Å². The smallest absolute Gasteiger partial charge is 0.191 e. The van der Waals surface area contributed by atoms with Crippen molar-refractivity contribution in [3.63, 3.8) is 0 Å². The molecule has 0 radical (unpaired) electrons. The van der Waals surface area contributed by atoms with Crippen molar-refractivity contribution < 1.29 is 9.47 Å². The lowest BCUT2D eigenvalue weighted by molar-refractivity contribution is 0.0243. The lowest BCUT2D eigenvalue weighted by atomic mass is 10.0. The van der Waals surface area contributed by atoms with Crippen molar-refractivity contribution in [2.75, 3.05) is 33.9 Å². The molecule has 2 rings (SSSR count). The Hall–Kier alpha value is -1.75. The number of ether oxygens (including phenoxy) is 2. The van der Waals surface area contributed by atoms with E-state index < -0.39 is 0 Å². The molecule has 1 atom stereocenters. The monoisotopic (exact) mass is 319 g/mol. The minimum Gasteiger partial charge on any atom is -0.497 e. The molecule has 128 valence electrons. The normalized spacial score (nSPS) is 21.3. The van der Waals surface area contributed by atoms with Gasteiger partial charge in [0.2, 0.25) is 0 Å². The van der Waals surface area contributed by atoms with E-state index in [9.17, 15) is 0 Å². The second kappa shape index (κ2) is 8.77. The van der Waals surface area contributed by atoms with E-state index in [1.165, 1.54) is 5.56 Å². The summed E-state index contributed by atoms with van der Waals surface area (Å²) in [5, 5.41) is 6.72. The Bertz CT molecular complexity index is 511. The van der Waals surface area contributed by atoms with Crippen LogP contribution in [0, 0.1) is 0 Å². The number of nitrogens with one attached hydrogen (secondary N) is 2. The van der Waals surface area contributed by atoms with Gasteiger partial charge in [0.05, 0.1) is 12.7 Å². The van der Waals surface area contributed by atoms with Gasteiger partial charge < -0.3 is 20.1 Å². The maximum Gasteiger partial charge on any atom is 0.191 e. The maximum absolute atomic E-state index is 5.78. The summed E-state index contributed by atoms with van der Waals surface area (Å²) in [4.78, 5) is 4.27. The third-order valence-electron chi connectivity index (χ3n) is 4.22. The fraction of sp³-hybridized carbons (Fsp3) is 0.611. The molecule has 1 aliphatic heterocycles. The molecule has 0 aliphatic carbocycles. The van der Waals surface area contributed by atoms with Crippen LogP contribution in [0.25, 0.3) is 0 Å². The summed E-state index contributed by atoms with van der Waals surface area (Å²) in [6, 6.07) is 8.22. The van der Waals surface area contributed by atoms with Gasteiger partial charge in [-0.1, -0.05) is 12.1 Å². The quantitative estimate of drug-likeness (QED) is 0.460. The van der Waals surface area contributed by atoms with Gasteiger partial charge in [-0.3, -0.25) is 4.99 Å². The topological polar surface area (TPSA) is 54.9 Å². The Kier molecular flexibility index (Phi) is 6.71. The second-order valence-electron chi connectivity index (χ2n) is 6.21. The molecule has 23 heavy (non-hydrogen) atoms. The molecular formula is C18H29N3O2. The Morgan fingerprint density at radius 1 is 1.39 bits per heavy atom. The summed E-state index contributed by atoms with van der Waals surface area (Å²) in [5.74, 6) is 1.75. The molecule has 5 heteroatoms. The number of rotatable bonds is 7. The molecule has 5 nitrogen and oxygen atoms in total. The third-order valence-corrected chi connectivity index (χ3v) is 4.22. The number of aliphatic imine (C=N–C) groups is 1. The van der Waals surface area contributed by atoms with Crippen LogP contribution in [0.5, 0.6) is 5.75 Å². The number of benzene rings is 1. The zero-order valence-corrected chi connectivity index (χ0v) is 14.5. The number of guanidine groups is 1. The van der Waals surface area contributed by atoms with Crippen LogP contribution in [0.2, 0.25) is 0 Å².